The molecule has 2 aromatic carbocycles. The quantitative estimate of drug-likeness (QED) is 0.256. The zero-order chi connectivity index (χ0) is 29.8. The van der Waals surface area contributed by atoms with Crippen molar-refractivity contribution >= 4 is 27.4 Å². The molecule has 1 aliphatic rings. The van der Waals surface area contributed by atoms with Crippen LogP contribution in [0.3, 0.4) is 0 Å². The Labute approximate surface area is 244 Å². The van der Waals surface area contributed by atoms with E-state index in [1.807, 2.05) is 32.9 Å². The number of hydrogen-bond donors (Lipinski definition) is 3. The Morgan fingerprint density at radius 2 is 1.51 bits per heavy atom. The normalized spacial score (nSPS) is 15.8. The number of urea groups is 1. The van der Waals surface area contributed by atoms with Crippen LogP contribution in [0.1, 0.15) is 103 Å². The molecule has 0 saturated heterocycles. The van der Waals surface area contributed by atoms with Crippen LogP contribution >= 0.6 is 0 Å². The van der Waals surface area contributed by atoms with Crippen LogP contribution in [0.2, 0.25) is 0 Å². The highest BCUT2D eigenvalue weighted by Gasteiger charge is 2.29. The maximum atomic E-state index is 13.0. The molecule has 3 aromatic rings. The molecule has 2 amide bonds. The molecule has 3 N–H and O–H groups in total. The summed E-state index contributed by atoms with van der Waals surface area (Å²) in [6, 6.07) is 12.6. The minimum Gasteiger partial charge on any atom is -0.337 e. The van der Waals surface area contributed by atoms with Gasteiger partial charge in [0.15, 0.2) is 5.82 Å². The molecule has 1 aliphatic carbocycles. The highest BCUT2D eigenvalue weighted by Crippen LogP contribution is 2.32. The molecule has 0 spiro atoms. The number of carbonyl (C=O) groups excluding carboxylic acids is 1. The fourth-order valence-corrected chi connectivity index (χ4v) is 6.01. The first-order valence-electron chi connectivity index (χ1n) is 14.4. The lowest BCUT2D eigenvalue weighted by Crippen LogP contribution is -2.34. The van der Waals surface area contributed by atoms with Crippen LogP contribution in [-0.2, 0) is 20.9 Å². The predicted molar refractivity (Wildman–Crippen MR) is 161 cm³/mol. The van der Waals surface area contributed by atoms with Crippen molar-refractivity contribution in [2.75, 3.05) is 10.0 Å². The highest BCUT2D eigenvalue weighted by molar-refractivity contribution is 7.92. The number of nitrogens with zero attached hydrogens (tertiary/aromatic N) is 2. The molecule has 0 bridgehead atoms. The molecule has 9 nitrogen and oxygen atoms in total. The van der Waals surface area contributed by atoms with Crippen molar-refractivity contribution < 1.29 is 17.7 Å². The van der Waals surface area contributed by atoms with E-state index in [1.54, 1.807) is 36.4 Å². The van der Waals surface area contributed by atoms with E-state index in [9.17, 15) is 13.2 Å². The van der Waals surface area contributed by atoms with Crippen molar-refractivity contribution in [3.05, 3.63) is 65.8 Å². The van der Waals surface area contributed by atoms with Crippen molar-refractivity contribution in [2.45, 2.75) is 102 Å². The number of nitrogens with one attached hydrogen (secondary N) is 3. The summed E-state index contributed by atoms with van der Waals surface area (Å²) in [5.41, 5.74) is 1.64. The van der Waals surface area contributed by atoms with Gasteiger partial charge in [-0.05, 0) is 59.7 Å². The molecule has 1 atom stereocenters. The van der Waals surface area contributed by atoms with Crippen molar-refractivity contribution in [1.29, 1.82) is 0 Å². The Balaban J connectivity index is 1.40. The van der Waals surface area contributed by atoms with Gasteiger partial charge < -0.3 is 15.2 Å². The summed E-state index contributed by atoms with van der Waals surface area (Å²) in [5.74, 6) is 1.50. The number of hydrogen-bond acceptors (Lipinski definition) is 6. The summed E-state index contributed by atoms with van der Waals surface area (Å²) in [7, 11) is -3.75. The van der Waals surface area contributed by atoms with E-state index < -0.39 is 22.1 Å². The van der Waals surface area contributed by atoms with Crippen molar-refractivity contribution in [3.8, 4) is 0 Å². The van der Waals surface area contributed by atoms with Gasteiger partial charge in [-0.2, -0.15) is 4.98 Å². The van der Waals surface area contributed by atoms with Crippen molar-refractivity contribution in [3.63, 3.8) is 0 Å². The lowest BCUT2D eigenvalue weighted by Gasteiger charge is -2.25. The molecule has 10 heteroatoms. The number of anilines is 2. The van der Waals surface area contributed by atoms with Gasteiger partial charge in [0, 0.05) is 16.8 Å². The monoisotopic (exact) mass is 581 g/mol. The average molecular weight is 582 g/mol. The number of rotatable bonds is 8. The van der Waals surface area contributed by atoms with Crippen molar-refractivity contribution in [1.82, 2.24) is 15.5 Å². The van der Waals surface area contributed by atoms with Crippen LogP contribution in [0.4, 0.5) is 16.2 Å². The molecule has 41 heavy (non-hydrogen) atoms. The van der Waals surface area contributed by atoms with E-state index in [2.05, 4.69) is 46.3 Å². The van der Waals surface area contributed by atoms with Gasteiger partial charge in [0.1, 0.15) is 6.04 Å². The van der Waals surface area contributed by atoms with E-state index in [-0.39, 0.29) is 15.7 Å². The van der Waals surface area contributed by atoms with Crippen LogP contribution < -0.4 is 15.4 Å². The SMILES string of the molecule is CC(C)(C)c1ccc(S(=O)(=O)Nc2ccc(NC(=O)N[C@H](CC3CCCCC3)c3nc(C(C)(C)C)no3)cc2)cc1. The maximum Gasteiger partial charge on any atom is 0.319 e. The second-order valence-electron chi connectivity index (χ2n) is 13.1. The van der Waals surface area contributed by atoms with E-state index in [4.69, 9.17) is 4.52 Å². The summed E-state index contributed by atoms with van der Waals surface area (Å²) < 4.78 is 34.0. The standard InChI is InChI=1S/C31H43N5O4S/c1-30(2,3)22-12-18-25(19-13-22)41(38,39)36-24-16-14-23(15-17-24)32-29(37)33-26(20-21-10-8-7-9-11-21)27-34-28(35-40-27)31(4,5)6/h12-19,21,26,36H,7-11,20H2,1-6H3,(H2,32,33,37)/t26-/m1/s1. The van der Waals surface area contributed by atoms with Crippen molar-refractivity contribution in [2.24, 2.45) is 5.92 Å². The highest BCUT2D eigenvalue weighted by atomic mass is 32.2. The van der Waals surface area contributed by atoms with Crippen LogP contribution in [0, 0.1) is 5.92 Å². The van der Waals surface area contributed by atoms with Crippen LogP contribution in [0.5, 0.6) is 0 Å². The molecular weight excluding hydrogens is 538 g/mol. The van der Waals surface area contributed by atoms with Crippen LogP contribution in [0.15, 0.2) is 57.9 Å². The number of aromatic nitrogens is 2. The van der Waals surface area contributed by atoms with Gasteiger partial charge in [0.25, 0.3) is 10.0 Å². The van der Waals surface area contributed by atoms with Gasteiger partial charge in [-0.1, -0.05) is 90.9 Å². The van der Waals surface area contributed by atoms with Gasteiger partial charge in [-0.25, -0.2) is 13.2 Å². The zero-order valence-electron chi connectivity index (χ0n) is 25.0. The third kappa shape index (κ3) is 8.31. The molecule has 0 radical (unpaired) electrons. The Morgan fingerprint density at radius 1 is 0.902 bits per heavy atom. The van der Waals surface area contributed by atoms with E-state index in [1.165, 1.54) is 19.3 Å². The van der Waals surface area contributed by atoms with E-state index >= 15 is 0 Å². The fraction of sp³-hybridized carbons (Fsp3) is 0.516. The Bertz CT molecular complexity index is 1410. The first-order valence-corrected chi connectivity index (χ1v) is 15.8. The first kappa shape index (κ1) is 30.6. The second kappa shape index (κ2) is 12.2. The predicted octanol–water partition coefficient (Wildman–Crippen LogP) is 7.30. The molecular formula is C31H43N5O4S. The lowest BCUT2D eigenvalue weighted by atomic mass is 9.85. The zero-order valence-corrected chi connectivity index (χ0v) is 25.8. The van der Waals surface area contributed by atoms with Crippen LogP contribution in [-0.4, -0.2) is 24.6 Å². The Hall–Kier alpha value is -3.40. The smallest absolute Gasteiger partial charge is 0.319 e. The minimum absolute atomic E-state index is 0.0680. The molecule has 1 heterocycles. The maximum absolute atomic E-state index is 13.0. The van der Waals surface area contributed by atoms with E-state index in [0.29, 0.717) is 29.0 Å². The molecule has 1 aromatic heterocycles. The summed E-state index contributed by atoms with van der Waals surface area (Å²) in [4.78, 5) is 17.8. The molecule has 222 valence electrons. The topological polar surface area (TPSA) is 126 Å². The summed E-state index contributed by atoms with van der Waals surface area (Å²) in [5, 5.41) is 10.0. The fourth-order valence-electron chi connectivity index (χ4n) is 4.95. The summed E-state index contributed by atoms with van der Waals surface area (Å²) in [6.45, 7) is 12.3. The average Bonchev–Trinajstić information content (AvgIpc) is 3.41. The summed E-state index contributed by atoms with van der Waals surface area (Å²) >= 11 is 0. The third-order valence-corrected chi connectivity index (χ3v) is 8.83. The Kier molecular flexibility index (Phi) is 9.11. The molecule has 1 fully saturated rings. The number of carbonyl (C=O) groups is 1. The van der Waals surface area contributed by atoms with Gasteiger partial charge in [-0.15, -0.1) is 0 Å². The van der Waals surface area contributed by atoms with Gasteiger partial charge in [0.05, 0.1) is 4.90 Å². The second-order valence-corrected chi connectivity index (χ2v) is 14.7. The minimum atomic E-state index is -3.75. The number of benzene rings is 2. The largest absolute Gasteiger partial charge is 0.337 e. The number of amides is 2. The first-order chi connectivity index (χ1) is 19.2. The third-order valence-electron chi connectivity index (χ3n) is 7.44. The molecule has 1 saturated carbocycles. The van der Waals surface area contributed by atoms with Crippen LogP contribution in [0.25, 0.3) is 0 Å². The van der Waals surface area contributed by atoms with Gasteiger partial charge >= 0.3 is 6.03 Å². The van der Waals surface area contributed by atoms with Gasteiger partial charge in [0.2, 0.25) is 5.89 Å². The van der Waals surface area contributed by atoms with Gasteiger partial charge in [-0.3, -0.25) is 4.72 Å². The Morgan fingerprint density at radius 3 is 2.07 bits per heavy atom. The number of sulfonamides is 1. The lowest BCUT2D eigenvalue weighted by molar-refractivity contribution is 0.231. The molecule has 0 unspecified atom stereocenters. The van der Waals surface area contributed by atoms with E-state index in [0.717, 1.165) is 24.8 Å². The summed E-state index contributed by atoms with van der Waals surface area (Å²) in [6.07, 6.45) is 6.62. The molecule has 4 rings (SSSR count). The molecule has 0 aliphatic heterocycles.